The first-order valence-corrected chi connectivity index (χ1v) is 10.5. The molecule has 0 unspecified atom stereocenters. The van der Waals surface area contributed by atoms with Crippen LogP contribution in [0.4, 0.5) is 13.2 Å². The highest BCUT2D eigenvalue weighted by molar-refractivity contribution is 5.79. The van der Waals surface area contributed by atoms with Crippen LogP contribution >= 0.6 is 0 Å². The van der Waals surface area contributed by atoms with Crippen molar-refractivity contribution in [2.75, 3.05) is 20.1 Å². The number of nitrogens with zero attached hydrogens (tertiary/aromatic N) is 2. The van der Waals surface area contributed by atoms with E-state index < -0.39 is 23.8 Å². The summed E-state index contributed by atoms with van der Waals surface area (Å²) in [6.07, 6.45) is -0.690. The van der Waals surface area contributed by atoms with Gasteiger partial charge in [-0.1, -0.05) is 18.2 Å². The summed E-state index contributed by atoms with van der Waals surface area (Å²) in [6, 6.07) is 9.77. The maximum atomic E-state index is 14.9. The number of hydrogen-bond acceptors (Lipinski definition) is 3. The predicted octanol–water partition coefficient (Wildman–Crippen LogP) is 4.37. The van der Waals surface area contributed by atoms with Gasteiger partial charge in [-0.05, 0) is 51.1 Å². The number of carbonyl (C=O) groups is 1. The van der Waals surface area contributed by atoms with Gasteiger partial charge in [0.25, 0.3) is 0 Å². The van der Waals surface area contributed by atoms with Crippen molar-refractivity contribution in [2.24, 2.45) is 0 Å². The van der Waals surface area contributed by atoms with Crippen molar-refractivity contribution in [3.05, 3.63) is 65.2 Å². The number of amides is 1. The summed E-state index contributed by atoms with van der Waals surface area (Å²) in [6.45, 7) is 4.61. The zero-order chi connectivity index (χ0) is 22.5. The van der Waals surface area contributed by atoms with E-state index in [-0.39, 0.29) is 37.1 Å². The van der Waals surface area contributed by atoms with Crippen molar-refractivity contribution < 1.29 is 22.7 Å². The third kappa shape index (κ3) is 6.23. The van der Waals surface area contributed by atoms with Crippen LogP contribution in [0.25, 0.3) is 0 Å². The van der Waals surface area contributed by atoms with Gasteiger partial charge in [0, 0.05) is 31.3 Å². The molecule has 2 aromatic rings. The normalized spacial score (nSPS) is 19.5. The molecule has 1 saturated heterocycles. The van der Waals surface area contributed by atoms with E-state index in [1.54, 1.807) is 24.3 Å². The molecule has 0 saturated carbocycles. The Labute approximate surface area is 181 Å². The summed E-state index contributed by atoms with van der Waals surface area (Å²) in [5.41, 5.74) is 0.926. The van der Waals surface area contributed by atoms with Crippen molar-refractivity contribution in [3.8, 4) is 5.75 Å². The smallest absolute Gasteiger partial charge is 0.227 e. The summed E-state index contributed by atoms with van der Waals surface area (Å²) in [5, 5.41) is 0. The molecule has 0 aromatic heterocycles. The van der Waals surface area contributed by atoms with E-state index in [4.69, 9.17) is 4.74 Å². The number of halogens is 3. The van der Waals surface area contributed by atoms with Crippen LogP contribution in [0.1, 0.15) is 31.4 Å². The topological polar surface area (TPSA) is 32.8 Å². The molecule has 0 bridgehead atoms. The summed E-state index contributed by atoms with van der Waals surface area (Å²) in [7, 11) is 1.83. The van der Waals surface area contributed by atoms with Crippen molar-refractivity contribution in [2.45, 2.75) is 51.6 Å². The molecule has 1 aliphatic heterocycles. The van der Waals surface area contributed by atoms with Gasteiger partial charge in [-0.3, -0.25) is 4.79 Å². The highest BCUT2D eigenvalue weighted by Gasteiger charge is 2.35. The third-order valence-corrected chi connectivity index (χ3v) is 5.44. The Morgan fingerprint density at radius 3 is 2.52 bits per heavy atom. The van der Waals surface area contributed by atoms with Gasteiger partial charge < -0.3 is 14.5 Å². The quantitative estimate of drug-likeness (QED) is 0.649. The van der Waals surface area contributed by atoms with E-state index in [0.717, 1.165) is 17.7 Å². The van der Waals surface area contributed by atoms with E-state index in [9.17, 15) is 18.0 Å². The summed E-state index contributed by atoms with van der Waals surface area (Å²) in [4.78, 5) is 16.5. The molecule has 0 aliphatic carbocycles. The van der Waals surface area contributed by atoms with Crippen LogP contribution in [0.5, 0.6) is 5.75 Å². The number of carbonyl (C=O) groups excluding carboxylic acids is 1. The lowest BCUT2D eigenvalue weighted by Crippen LogP contribution is -2.53. The fourth-order valence-electron chi connectivity index (χ4n) is 3.85. The Balaban J connectivity index is 1.80. The van der Waals surface area contributed by atoms with Gasteiger partial charge in [0.2, 0.25) is 5.91 Å². The van der Waals surface area contributed by atoms with Crippen LogP contribution in [-0.4, -0.2) is 54.2 Å². The van der Waals surface area contributed by atoms with Gasteiger partial charge >= 0.3 is 0 Å². The van der Waals surface area contributed by atoms with Crippen LogP contribution in [0, 0.1) is 11.6 Å². The molecule has 0 radical (unpaired) electrons. The molecule has 0 N–H and O–H groups in total. The van der Waals surface area contributed by atoms with E-state index in [0.29, 0.717) is 18.7 Å². The van der Waals surface area contributed by atoms with Crippen molar-refractivity contribution >= 4 is 5.91 Å². The second-order valence-corrected chi connectivity index (χ2v) is 8.38. The lowest BCUT2D eigenvalue weighted by atomic mass is 9.99. The number of ether oxygens (including phenoxy) is 1. The van der Waals surface area contributed by atoms with Gasteiger partial charge in [-0.15, -0.1) is 0 Å². The molecular weight excluding hydrogens is 405 g/mol. The molecule has 7 heteroatoms. The standard InChI is InChI=1S/C24H29F3N2O2/c1-16(2)31-20-8-4-17(5-9-20)12-24(30)29(23-10-11-28(3)15-22(23)27)14-18-6-7-19(25)13-21(18)26/h4-9,13,16,22-23H,10-12,14-15H2,1-3H3/t22-,23+/m0/s1. The molecule has 2 aromatic carbocycles. The highest BCUT2D eigenvalue weighted by atomic mass is 19.1. The molecule has 1 fully saturated rings. The summed E-state index contributed by atoms with van der Waals surface area (Å²) in [5.74, 6) is -1.02. The van der Waals surface area contributed by atoms with Crippen LogP contribution in [0.15, 0.2) is 42.5 Å². The average molecular weight is 435 g/mol. The molecule has 2 atom stereocenters. The largest absolute Gasteiger partial charge is 0.491 e. The van der Waals surface area contributed by atoms with Gasteiger partial charge in [0.1, 0.15) is 23.6 Å². The van der Waals surface area contributed by atoms with Crippen molar-refractivity contribution in [1.82, 2.24) is 9.80 Å². The number of benzene rings is 2. The average Bonchev–Trinajstić information content (AvgIpc) is 2.69. The number of piperidine rings is 1. The minimum absolute atomic E-state index is 0.0412. The zero-order valence-electron chi connectivity index (χ0n) is 18.2. The summed E-state index contributed by atoms with van der Waals surface area (Å²) >= 11 is 0. The van der Waals surface area contributed by atoms with Crippen LogP contribution < -0.4 is 4.74 Å². The first-order valence-electron chi connectivity index (χ1n) is 10.5. The fraction of sp³-hybridized carbons (Fsp3) is 0.458. The first kappa shape index (κ1) is 23.1. The number of rotatable bonds is 7. The molecule has 1 aliphatic rings. The molecule has 4 nitrogen and oxygen atoms in total. The van der Waals surface area contributed by atoms with E-state index in [2.05, 4.69) is 0 Å². The molecule has 1 heterocycles. The van der Waals surface area contributed by atoms with Crippen molar-refractivity contribution in [3.63, 3.8) is 0 Å². The minimum Gasteiger partial charge on any atom is -0.491 e. The number of likely N-dealkylation sites (tertiary alicyclic amines) is 1. The second kappa shape index (κ2) is 10.2. The van der Waals surface area contributed by atoms with Gasteiger partial charge in [0.15, 0.2) is 0 Å². The monoisotopic (exact) mass is 434 g/mol. The van der Waals surface area contributed by atoms with Crippen molar-refractivity contribution in [1.29, 1.82) is 0 Å². The Kier molecular flexibility index (Phi) is 7.59. The van der Waals surface area contributed by atoms with E-state index >= 15 is 0 Å². The maximum Gasteiger partial charge on any atom is 0.227 e. The fourth-order valence-corrected chi connectivity index (χ4v) is 3.85. The lowest BCUT2D eigenvalue weighted by molar-refractivity contribution is -0.136. The lowest BCUT2D eigenvalue weighted by Gasteiger charge is -2.39. The van der Waals surface area contributed by atoms with Crippen LogP contribution in [0.2, 0.25) is 0 Å². The maximum absolute atomic E-state index is 14.9. The van der Waals surface area contributed by atoms with E-state index in [1.165, 1.54) is 11.0 Å². The van der Waals surface area contributed by atoms with Crippen LogP contribution in [0.3, 0.4) is 0 Å². The molecule has 1 amide bonds. The third-order valence-electron chi connectivity index (χ3n) is 5.44. The minimum atomic E-state index is -1.24. The SMILES string of the molecule is CC(C)Oc1ccc(CC(=O)N(Cc2ccc(F)cc2F)[C@@H]2CCN(C)C[C@@H]2F)cc1. The highest BCUT2D eigenvalue weighted by Crippen LogP contribution is 2.24. The molecule has 3 rings (SSSR count). The van der Waals surface area contributed by atoms with Gasteiger partial charge in [0.05, 0.1) is 18.6 Å². The predicted molar refractivity (Wildman–Crippen MR) is 114 cm³/mol. The Bertz CT molecular complexity index is 889. The molecule has 168 valence electrons. The van der Waals surface area contributed by atoms with Crippen LogP contribution in [-0.2, 0) is 17.8 Å². The Hall–Kier alpha value is -2.54. The number of hydrogen-bond donors (Lipinski definition) is 0. The number of alkyl halides is 1. The molecular formula is C24H29F3N2O2. The second-order valence-electron chi connectivity index (χ2n) is 8.38. The Morgan fingerprint density at radius 2 is 1.90 bits per heavy atom. The van der Waals surface area contributed by atoms with E-state index in [1.807, 2.05) is 25.8 Å². The molecule has 31 heavy (non-hydrogen) atoms. The zero-order valence-corrected chi connectivity index (χ0v) is 18.2. The van der Waals surface area contributed by atoms with Gasteiger partial charge in [-0.25, -0.2) is 13.2 Å². The Morgan fingerprint density at radius 1 is 1.19 bits per heavy atom. The summed E-state index contributed by atoms with van der Waals surface area (Å²) < 4.78 is 48.1. The molecule has 0 spiro atoms. The first-order chi connectivity index (χ1) is 14.7. The van der Waals surface area contributed by atoms with Gasteiger partial charge in [-0.2, -0.15) is 0 Å².